The van der Waals surface area contributed by atoms with Gasteiger partial charge in [-0.25, -0.2) is 4.98 Å². The van der Waals surface area contributed by atoms with Crippen LogP contribution in [0.3, 0.4) is 0 Å². The molecular weight excluding hydrogens is 292 g/mol. The number of carboxylic acid groups (broad SMARTS) is 1. The summed E-state index contributed by atoms with van der Waals surface area (Å²) in [7, 11) is 0. The van der Waals surface area contributed by atoms with Crippen LogP contribution in [0.5, 0.6) is 0 Å². The van der Waals surface area contributed by atoms with Gasteiger partial charge in [-0.1, -0.05) is 0 Å². The molecule has 0 aliphatic carbocycles. The maximum atomic E-state index is 10.5. The van der Waals surface area contributed by atoms with Gasteiger partial charge in [-0.05, 0) is 22.0 Å². The molecule has 0 aromatic carbocycles. The first kappa shape index (κ1) is 11.2. The van der Waals surface area contributed by atoms with Gasteiger partial charge in [0.2, 0.25) is 0 Å². The van der Waals surface area contributed by atoms with Crippen LogP contribution >= 0.6 is 27.3 Å². The van der Waals surface area contributed by atoms with Crippen molar-refractivity contribution >= 4 is 33.2 Å². The maximum Gasteiger partial charge on any atom is 0.309 e. The Balaban J connectivity index is 2.28. The Morgan fingerprint density at radius 2 is 2.31 bits per heavy atom. The third-order valence-corrected chi connectivity index (χ3v) is 3.21. The molecule has 4 nitrogen and oxygen atoms in total. The lowest BCUT2D eigenvalue weighted by atomic mass is 10.3. The van der Waals surface area contributed by atoms with E-state index in [1.807, 2.05) is 6.07 Å². The van der Waals surface area contributed by atoms with Crippen LogP contribution in [-0.4, -0.2) is 21.0 Å². The molecule has 0 amide bonds. The van der Waals surface area contributed by atoms with Gasteiger partial charge in [0.1, 0.15) is 5.01 Å². The molecule has 0 radical (unpaired) electrons. The zero-order valence-corrected chi connectivity index (χ0v) is 10.5. The zero-order valence-electron chi connectivity index (χ0n) is 8.05. The van der Waals surface area contributed by atoms with Crippen LogP contribution in [0, 0.1) is 0 Å². The van der Waals surface area contributed by atoms with Gasteiger partial charge in [-0.3, -0.25) is 9.78 Å². The van der Waals surface area contributed by atoms with Crippen LogP contribution in [0.25, 0.3) is 10.6 Å². The number of nitrogens with zero attached hydrogens (tertiary/aromatic N) is 2. The predicted molar refractivity (Wildman–Crippen MR) is 64.4 cm³/mol. The van der Waals surface area contributed by atoms with E-state index in [2.05, 4.69) is 25.9 Å². The highest BCUT2D eigenvalue weighted by Crippen LogP contribution is 2.25. The molecule has 0 aliphatic heterocycles. The first-order valence-electron chi connectivity index (χ1n) is 4.42. The van der Waals surface area contributed by atoms with Gasteiger partial charge in [-0.2, -0.15) is 0 Å². The summed E-state index contributed by atoms with van der Waals surface area (Å²) in [6, 6.07) is 1.90. The number of aliphatic carboxylic acids is 1. The summed E-state index contributed by atoms with van der Waals surface area (Å²) in [6.45, 7) is 0. The molecule has 2 aromatic heterocycles. The Morgan fingerprint density at radius 1 is 1.50 bits per heavy atom. The molecule has 0 bridgehead atoms. The smallest absolute Gasteiger partial charge is 0.309 e. The van der Waals surface area contributed by atoms with Gasteiger partial charge in [0.25, 0.3) is 0 Å². The normalized spacial score (nSPS) is 10.3. The highest BCUT2D eigenvalue weighted by Gasteiger charge is 2.08. The third-order valence-electron chi connectivity index (χ3n) is 1.84. The fourth-order valence-electron chi connectivity index (χ4n) is 1.20. The van der Waals surface area contributed by atoms with Crippen LogP contribution in [0.15, 0.2) is 28.3 Å². The van der Waals surface area contributed by atoms with E-state index < -0.39 is 5.97 Å². The Bertz CT molecular complexity index is 527. The quantitative estimate of drug-likeness (QED) is 0.946. The lowest BCUT2D eigenvalue weighted by Crippen LogP contribution is -1.99. The minimum absolute atomic E-state index is 0.0437. The number of rotatable bonds is 3. The third kappa shape index (κ3) is 2.65. The van der Waals surface area contributed by atoms with Gasteiger partial charge >= 0.3 is 5.97 Å². The lowest BCUT2D eigenvalue weighted by Gasteiger charge is -1.95. The van der Waals surface area contributed by atoms with E-state index in [1.165, 1.54) is 11.3 Å². The second kappa shape index (κ2) is 4.71. The first-order valence-corrected chi connectivity index (χ1v) is 6.09. The predicted octanol–water partition coefficient (Wildman–Crippen LogP) is 2.59. The highest BCUT2D eigenvalue weighted by molar-refractivity contribution is 9.10. The van der Waals surface area contributed by atoms with E-state index in [0.29, 0.717) is 5.69 Å². The highest BCUT2D eigenvalue weighted by atomic mass is 79.9. The fraction of sp³-hybridized carbons (Fsp3) is 0.100. The number of halogens is 1. The molecule has 0 saturated carbocycles. The molecule has 0 atom stereocenters. The molecule has 6 heteroatoms. The molecule has 16 heavy (non-hydrogen) atoms. The van der Waals surface area contributed by atoms with Crippen molar-refractivity contribution in [2.24, 2.45) is 0 Å². The molecule has 0 aliphatic rings. The second-order valence-corrected chi connectivity index (χ2v) is 4.88. The first-order chi connectivity index (χ1) is 7.65. The van der Waals surface area contributed by atoms with Crippen LogP contribution in [0.1, 0.15) is 5.69 Å². The van der Waals surface area contributed by atoms with Crippen molar-refractivity contribution in [3.05, 3.63) is 34.0 Å². The van der Waals surface area contributed by atoms with Gasteiger partial charge in [0, 0.05) is 27.8 Å². The summed E-state index contributed by atoms with van der Waals surface area (Å²) in [5.74, 6) is -0.871. The monoisotopic (exact) mass is 298 g/mol. The molecule has 0 saturated heterocycles. The van der Waals surface area contributed by atoms with Crippen molar-refractivity contribution in [3.63, 3.8) is 0 Å². The van der Waals surface area contributed by atoms with Crippen LogP contribution in [0.2, 0.25) is 0 Å². The fourth-order valence-corrected chi connectivity index (χ4v) is 2.37. The van der Waals surface area contributed by atoms with Crippen LogP contribution in [0.4, 0.5) is 0 Å². The van der Waals surface area contributed by atoms with Crippen molar-refractivity contribution in [2.75, 3.05) is 0 Å². The second-order valence-electron chi connectivity index (χ2n) is 3.11. The van der Waals surface area contributed by atoms with Gasteiger partial charge in [-0.15, -0.1) is 11.3 Å². The molecule has 1 N–H and O–H groups in total. The van der Waals surface area contributed by atoms with Gasteiger partial charge < -0.3 is 5.11 Å². The number of pyridine rings is 1. The van der Waals surface area contributed by atoms with Crippen molar-refractivity contribution in [1.29, 1.82) is 0 Å². The average Bonchev–Trinajstić information content (AvgIpc) is 2.65. The molecule has 0 unspecified atom stereocenters. The minimum Gasteiger partial charge on any atom is -0.481 e. The molecule has 2 heterocycles. The molecular formula is C10H7BrN2O2S. The van der Waals surface area contributed by atoms with E-state index in [4.69, 9.17) is 5.11 Å². The topological polar surface area (TPSA) is 63.1 Å². The summed E-state index contributed by atoms with van der Waals surface area (Å²) < 4.78 is 0.875. The number of aromatic nitrogens is 2. The van der Waals surface area contributed by atoms with Crippen molar-refractivity contribution in [2.45, 2.75) is 6.42 Å². The largest absolute Gasteiger partial charge is 0.481 e. The maximum absolute atomic E-state index is 10.5. The Kier molecular flexibility index (Phi) is 3.31. The lowest BCUT2D eigenvalue weighted by molar-refractivity contribution is -0.136. The van der Waals surface area contributed by atoms with Crippen LogP contribution in [-0.2, 0) is 11.2 Å². The van der Waals surface area contributed by atoms with E-state index >= 15 is 0 Å². The number of hydrogen-bond acceptors (Lipinski definition) is 4. The number of thiazole rings is 1. The molecule has 2 rings (SSSR count). The van der Waals surface area contributed by atoms with Crippen molar-refractivity contribution in [1.82, 2.24) is 9.97 Å². The number of carboxylic acids is 1. The van der Waals surface area contributed by atoms with E-state index in [1.54, 1.807) is 17.8 Å². The zero-order chi connectivity index (χ0) is 11.5. The Hall–Kier alpha value is -1.27. The van der Waals surface area contributed by atoms with Gasteiger partial charge in [0.05, 0.1) is 12.1 Å². The molecule has 2 aromatic rings. The SMILES string of the molecule is O=C(O)Cc1csc(-c2cncc(Br)c2)n1. The summed E-state index contributed by atoms with van der Waals surface area (Å²) in [5.41, 5.74) is 1.46. The van der Waals surface area contributed by atoms with E-state index in [0.717, 1.165) is 15.0 Å². The summed E-state index contributed by atoms with van der Waals surface area (Å²) >= 11 is 4.74. The number of hydrogen-bond donors (Lipinski definition) is 1. The van der Waals surface area contributed by atoms with Crippen LogP contribution < -0.4 is 0 Å². The van der Waals surface area contributed by atoms with Crippen molar-refractivity contribution in [3.8, 4) is 10.6 Å². The van der Waals surface area contributed by atoms with E-state index in [9.17, 15) is 4.79 Å². The average molecular weight is 299 g/mol. The number of carbonyl (C=O) groups is 1. The summed E-state index contributed by atoms with van der Waals surface area (Å²) in [4.78, 5) is 18.8. The molecule has 0 fully saturated rings. The standard InChI is InChI=1S/C10H7BrN2O2S/c11-7-1-6(3-12-4-7)10-13-8(5-16-10)2-9(14)15/h1,3-5H,2H2,(H,14,15). The minimum atomic E-state index is -0.871. The Morgan fingerprint density at radius 3 is 3.00 bits per heavy atom. The summed E-state index contributed by atoms with van der Waals surface area (Å²) in [6.07, 6.45) is 3.35. The van der Waals surface area contributed by atoms with E-state index in [-0.39, 0.29) is 6.42 Å². The van der Waals surface area contributed by atoms with Gasteiger partial charge in [0.15, 0.2) is 0 Å². The summed E-state index contributed by atoms with van der Waals surface area (Å²) in [5, 5.41) is 11.2. The molecule has 82 valence electrons. The van der Waals surface area contributed by atoms with Crippen molar-refractivity contribution < 1.29 is 9.90 Å². The molecule has 0 spiro atoms. The Labute approximate surface area is 104 Å².